The van der Waals surface area contributed by atoms with Gasteiger partial charge in [-0.2, -0.15) is 0 Å². The van der Waals surface area contributed by atoms with Gasteiger partial charge in [0, 0.05) is 22.8 Å². The van der Waals surface area contributed by atoms with E-state index in [9.17, 15) is 0 Å². The molecule has 2 aromatic heterocycles. The van der Waals surface area contributed by atoms with Crippen molar-refractivity contribution in [3.63, 3.8) is 0 Å². The van der Waals surface area contributed by atoms with Gasteiger partial charge in [0.05, 0.1) is 0 Å². The molecule has 0 bridgehead atoms. The minimum absolute atomic E-state index is 1.05. The molecule has 0 saturated heterocycles. The molecule has 0 unspecified atom stereocenters. The Balaban J connectivity index is 0.000000181. The first kappa shape index (κ1) is 23.4. The van der Waals surface area contributed by atoms with Gasteiger partial charge in [-0.05, 0) is 101 Å². The van der Waals surface area contributed by atoms with Crippen molar-refractivity contribution in [1.82, 2.24) is 9.97 Å². The summed E-state index contributed by atoms with van der Waals surface area (Å²) < 4.78 is 0. The van der Waals surface area contributed by atoms with Crippen molar-refractivity contribution < 1.29 is 0 Å². The predicted octanol–water partition coefficient (Wildman–Crippen LogP) is 8.05. The van der Waals surface area contributed by atoms with Crippen LogP contribution in [-0.2, 0) is 0 Å². The van der Waals surface area contributed by atoms with Crippen LogP contribution in [0.4, 0.5) is 0 Å². The van der Waals surface area contributed by atoms with Crippen LogP contribution >= 0.6 is 0 Å². The number of pyridine rings is 2. The Morgan fingerprint density at radius 2 is 1.03 bits per heavy atom. The summed E-state index contributed by atoms with van der Waals surface area (Å²) in [5.74, 6) is 0. The second kappa shape index (κ2) is 10.4. The summed E-state index contributed by atoms with van der Waals surface area (Å²) in [5, 5.41) is 0. The SMILES string of the molecule is CC1=CC(c2ccc(C)cc2)=CCC(C)=C1.Cc1cc(-c2cc(C)nc(C)c2)cc(C)n1. The third kappa shape index (κ3) is 6.62. The van der Waals surface area contributed by atoms with Crippen molar-refractivity contribution in [2.75, 3.05) is 0 Å². The molecule has 0 spiro atoms. The number of benzene rings is 1. The van der Waals surface area contributed by atoms with Crippen LogP contribution in [0.15, 0.2) is 77.9 Å². The van der Waals surface area contributed by atoms with E-state index in [1.54, 1.807) is 0 Å². The third-order valence-electron chi connectivity index (χ3n) is 5.38. The maximum atomic E-state index is 4.39. The molecular weight excluding hydrogens is 388 g/mol. The highest BCUT2D eigenvalue weighted by atomic mass is 14.7. The topological polar surface area (TPSA) is 25.8 Å². The van der Waals surface area contributed by atoms with Gasteiger partial charge in [-0.25, -0.2) is 0 Å². The number of aromatic nitrogens is 2. The fourth-order valence-electron chi connectivity index (χ4n) is 4.01. The molecule has 1 aromatic carbocycles. The molecule has 4 rings (SSSR count). The summed E-state index contributed by atoms with van der Waals surface area (Å²) in [5.41, 5.74) is 13.4. The maximum Gasteiger partial charge on any atom is 0.0382 e. The summed E-state index contributed by atoms with van der Waals surface area (Å²) >= 11 is 0. The fraction of sp³-hybridized carbons (Fsp3) is 0.267. The van der Waals surface area contributed by atoms with Crippen molar-refractivity contribution in [1.29, 1.82) is 0 Å². The summed E-state index contributed by atoms with van der Waals surface area (Å²) in [6.45, 7) is 14.6. The molecule has 32 heavy (non-hydrogen) atoms. The van der Waals surface area contributed by atoms with Crippen LogP contribution in [0, 0.1) is 34.6 Å². The van der Waals surface area contributed by atoms with Crippen LogP contribution in [-0.4, -0.2) is 9.97 Å². The van der Waals surface area contributed by atoms with Crippen molar-refractivity contribution in [2.45, 2.75) is 54.9 Å². The van der Waals surface area contributed by atoms with Gasteiger partial charge < -0.3 is 0 Å². The maximum absolute atomic E-state index is 4.39. The lowest BCUT2D eigenvalue weighted by molar-refractivity contribution is 1.11. The molecule has 2 heterocycles. The molecule has 0 fully saturated rings. The quantitative estimate of drug-likeness (QED) is 0.417. The summed E-state index contributed by atoms with van der Waals surface area (Å²) in [6, 6.07) is 17.2. The minimum Gasteiger partial charge on any atom is -0.258 e. The van der Waals surface area contributed by atoms with Gasteiger partial charge in [0.1, 0.15) is 0 Å². The number of rotatable bonds is 2. The van der Waals surface area contributed by atoms with Gasteiger partial charge >= 0.3 is 0 Å². The summed E-state index contributed by atoms with van der Waals surface area (Å²) in [6.07, 6.45) is 7.89. The molecule has 1 aliphatic rings. The number of nitrogens with zero attached hydrogens (tertiary/aromatic N) is 2. The highest BCUT2D eigenvalue weighted by Crippen LogP contribution is 2.24. The van der Waals surface area contributed by atoms with Crippen LogP contribution < -0.4 is 0 Å². The van der Waals surface area contributed by atoms with Crippen LogP contribution in [0.1, 0.15) is 54.2 Å². The van der Waals surface area contributed by atoms with E-state index in [4.69, 9.17) is 0 Å². The Morgan fingerprint density at radius 1 is 0.562 bits per heavy atom. The molecular formula is C30H34N2. The zero-order chi connectivity index (χ0) is 23.3. The van der Waals surface area contributed by atoms with E-state index < -0.39 is 0 Å². The molecule has 164 valence electrons. The van der Waals surface area contributed by atoms with Gasteiger partial charge in [-0.3, -0.25) is 9.97 Å². The van der Waals surface area contributed by atoms with Gasteiger partial charge in [0.2, 0.25) is 0 Å². The molecule has 0 amide bonds. The minimum atomic E-state index is 1.05. The molecule has 0 aliphatic heterocycles. The lowest BCUT2D eigenvalue weighted by Crippen LogP contribution is -1.91. The van der Waals surface area contributed by atoms with E-state index in [1.807, 2.05) is 27.7 Å². The zero-order valence-corrected chi connectivity index (χ0v) is 20.5. The largest absolute Gasteiger partial charge is 0.258 e. The number of allylic oxidation sites excluding steroid dienone is 6. The van der Waals surface area contributed by atoms with Crippen LogP contribution in [0.25, 0.3) is 16.7 Å². The lowest BCUT2D eigenvalue weighted by Gasteiger charge is -2.06. The Bertz CT molecular complexity index is 1100. The average Bonchev–Trinajstić information content (AvgIpc) is 2.87. The predicted molar refractivity (Wildman–Crippen MR) is 138 cm³/mol. The van der Waals surface area contributed by atoms with Crippen LogP contribution in [0.3, 0.4) is 0 Å². The molecule has 2 heteroatoms. The Labute approximate surface area is 193 Å². The highest BCUT2D eigenvalue weighted by molar-refractivity contribution is 5.76. The smallest absolute Gasteiger partial charge is 0.0382 e. The highest BCUT2D eigenvalue weighted by Gasteiger charge is 2.04. The van der Waals surface area contributed by atoms with Crippen molar-refractivity contribution >= 4 is 5.57 Å². The monoisotopic (exact) mass is 422 g/mol. The van der Waals surface area contributed by atoms with Crippen LogP contribution in [0.5, 0.6) is 0 Å². The first-order chi connectivity index (χ1) is 15.2. The normalized spacial score (nSPS) is 13.3. The lowest BCUT2D eigenvalue weighted by atomic mass is 10.0. The Morgan fingerprint density at radius 3 is 1.50 bits per heavy atom. The molecule has 0 atom stereocenters. The standard InChI is InChI=1S/C16H18.C14H16N2/c1-12-4-7-15(8-5-12)16-9-6-13(2)10-14(3)11-16;1-9-5-13(6-10(2)15-9)14-7-11(3)16-12(4)8-14/h4-5,7-11H,6H2,1-3H3;5-8H,1-4H3. The molecule has 0 N–H and O–H groups in total. The van der Waals surface area contributed by atoms with E-state index in [1.165, 1.54) is 39.0 Å². The summed E-state index contributed by atoms with van der Waals surface area (Å²) in [4.78, 5) is 8.78. The zero-order valence-electron chi connectivity index (χ0n) is 20.5. The van der Waals surface area contributed by atoms with Crippen LogP contribution in [0.2, 0.25) is 0 Å². The second-order valence-corrected chi connectivity index (χ2v) is 8.89. The van der Waals surface area contributed by atoms with E-state index in [-0.39, 0.29) is 0 Å². The second-order valence-electron chi connectivity index (χ2n) is 8.89. The third-order valence-corrected chi connectivity index (χ3v) is 5.38. The Hall–Kier alpha value is -3.26. The van der Waals surface area contributed by atoms with Crippen molar-refractivity contribution in [3.8, 4) is 11.1 Å². The number of aryl methyl sites for hydroxylation is 5. The van der Waals surface area contributed by atoms with Crippen molar-refractivity contribution in [2.24, 2.45) is 0 Å². The molecule has 3 aromatic rings. The average molecular weight is 423 g/mol. The van der Waals surface area contributed by atoms with Crippen molar-refractivity contribution in [3.05, 3.63) is 112 Å². The Kier molecular flexibility index (Phi) is 7.58. The number of hydrogen-bond acceptors (Lipinski definition) is 2. The van der Waals surface area contributed by atoms with E-state index in [0.717, 1.165) is 29.2 Å². The van der Waals surface area contributed by atoms with Gasteiger partial charge in [0.15, 0.2) is 0 Å². The molecule has 0 saturated carbocycles. The van der Waals surface area contributed by atoms with Gasteiger partial charge in [-0.15, -0.1) is 0 Å². The van der Waals surface area contributed by atoms with E-state index in [0.29, 0.717) is 0 Å². The first-order valence-electron chi connectivity index (χ1n) is 11.2. The van der Waals surface area contributed by atoms with E-state index >= 15 is 0 Å². The number of hydrogen-bond donors (Lipinski definition) is 0. The van der Waals surface area contributed by atoms with Gasteiger partial charge in [-0.1, -0.05) is 59.2 Å². The van der Waals surface area contributed by atoms with E-state index in [2.05, 4.69) is 97.5 Å². The fourth-order valence-corrected chi connectivity index (χ4v) is 4.01. The van der Waals surface area contributed by atoms with Gasteiger partial charge in [0.25, 0.3) is 0 Å². The first-order valence-corrected chi connectivity index (χ1v) is 11.2. The molecule has 2 nitrogen and oxygen atoms in total. The summed E-state index contributed by atoms with van der Waals surface area (Å²) in [7, 11) is 0. The molecule has 0 radical (unpaired) electrons. The molecule has 1 aliphatic carbocycles.